The number of pyridine rings is 1. The summed E-state index contributed by atoms with van der Waals surface area (Å²) in [4.78, 5) is 14.7. The van der Waals surface area contributed by atoms with E-state index in [1.54, 1.807) is 12.1 Å². The molecule has 1 aromatic carbocycles. The molecule has 8 heteroatoms. The van der Waals surface area contributed by atoms with E-state index >= 15 is 0 Å². The molecular formula is C21H20F3N3O2. The first-order valence-electron chi connectivity index (χ1n) is 9.46. The van der Waals surface area contributed by atoms with Crippen LogP contribution in [0.15, 0.2) is 36.5 Å². The molecule has 0 radical (unpaired) electrons. The molecule has 1 fully saturated rings. The molecule has 4 rings (SSSR count). The number of alkyl halides is 3. The van der Waals surface area contributed by atoms with Gasteiger partial charge in [-0.2, -0.15) is 18.3 Å². The summed E-state index contributed by atoms with van der Waals surface area (Å²) in [5.41, 5.74) is 0.433. The minimum atomic E-state index is -4.52. The first-order chi connectivity index (χ1) is 13.9. The highest BCUT2D eigenvalue weighted by atomic mass is 19.4. The minimum Gasteiger partial charge on any atom is -0.496 e. The Morgan fingerprint density at radius 3 is 2.59 bits per heavy atom. The van der Waals surface area contributed by atoms with E-state index in [4.69, 9.17) is 4.74 Å². The lowest BCUT2D eigenvalue weighted by Gasteiger charge is -2.25. The van der Waals surface area contributed by atoms with Crippen molar-refractivity contribution < 1.29 is 22.7 Å². The Kier molecular flexibility index (Phi) is 5.02. The van der Waals surface area contributed by atoms with Crippen molar-refractivity contribution in [1.29, 1.82) is 0 Å². The fraction of sp³-hybridized carbons (Fsp3) is 0.381. The van der Waals surface area contributed by atoms with Gasteiger partial charge >= 0.3 is 6.18 Å². The zero-order valence-corrected chi connectivity index (χ0v) is 15.8. The molecule has 1 saturated carbocycles. The van der Waals surface area contributed by atoms with Crippen molar-refractivity contribution in [3.63, 3.8) is 0 Å². The van der Waals surface area contributed by atoms with Crippen LogP contribution in [0.4, 0.5) is 13.2 Å². The second-order valence-electron chi connectivity index (χ2n) is 7.33. The Morgan fingerprint density at radius 1 is 1.17 bits per heavy atom. The van der Waals surface area contributed by atoms with E-state index in [0.717, 1.165) is 43.4 Å². The molecule has 1 aliphatic rings. The molecule has 0 N–H and O–H groups in total. The van der Waals surface area contributed by atoms with Crippen LogP contribution in [0.5, 0.6) is 5.75 Å². The molecule has 5 nitrogen and oxygen atoms in total. The quantitative estimate of drug-likeness (QED) is 0.572. The first kappa shape index (κ1) is 19.4. The SMILES string of the molecule is COc1cc2nn(C3CCC(C=O)CC3)cc2cc1-c1cccc(C(F)(F)F)n1. The van der Waals surface area contributed by atoms with Crippen molar-refractivity contribution in [2.24, 2.45) is 5.92 Å². The van der Waals surface area contributed by atoms with E-state index in [9.17, 15) is 18.0 Å². The van der Waals surface area contributed by atoms with E-state index in [2.05, 4.69) is 10.1 Å². The summed E-state index contributed by atoms with van der Waals surface area (Å²) in [5.74, 6) is 0.536. The lowest BCUT2D eigenvalue weighted by atomic mass is 9.87. The van der Waals surface area contributed by atoms with Crippen molar-refractivity contribution in [1.82, 2.24) is 14.8 Å². The molecule has 0 atom stereocenters. The number of aldehydes is 1. The van der Waals surface area contributed by atoms with Crippen molar-refractivity contribution in [2.75, 3.05) is 7.11 Å². The third-order valence-electron chi connectivity index (χ3n) is 5.47. The van der Waals surface area contributed by atoms with Gasteiger partial charge in [0.1, 0.15) is 17.7 Å². The zero-order valence-electron chi connectivity index (χ0n) is 15.8. The number of nitrogens with zero attached hydrogens (tertiary/aromatic N) is 3. The lowest BCUT2D eigenvalue weighted by Crippen LogP contribution is -2.19. The van der Waals surface area contributed by atoms with Crippen LogP contribution in [-0.4, -0.2) is 28.2 Å². The highest BCUT2D eigenvalue weighted by molar-refractivity contribution is 5.87. The van der Waals surface area contributed by atoms with E-state index in [0.29, 0.717) is 16.8 Å². The number of aromatic nitrogens is 3. The van der Waals surface area contributed by atoms with Crippen LogP contribution in [0.3, 0.4) is 0 Å². The number of rotatable bonds is 4. The lowest BCUT2D eigenvalue weighted by molar-refractivity contribution is -0.141. The number of halogens is 3. The first-order valence-corrected chi connectivity index (χ1v) is 9.46. The third-order valence-corrected chi connectivity index (χ3v) is 5.47. The number of fused-ring (bicyclic) bond motifs is 1. The molecule has 0 bridgehead atoms. The predicted octanol–water partition coefficient (Wildman–Crippen LogP) is 5.06. The molecular weight excluding hydrogens is 383 g/mol. The molecule has 3 aromatic rings. The maximum Gasteiger partial charge on any atom is 0.433 e. The Morgan fingerprint density at radius 2 is 1.93 bits per heavy atom. The van der Waals surface area contributed by atoms with Gasteiger partial charge < -0.3 is 9.53 Å². The third kappa shape index (κ3) is 3.83. The number of hydrogen-bond acceptors (Lipinski definition) is 4. The van der Waals surface area contributed by atoms with E-state index in [1.807, 2.05) is 10.9 Å². The van der Waals surface area contributed by atoms with Gasteiger partial charge in [0, 0.05) is 29.1 Å². The number of carbonyl (C=O) groups excluding carboxylic acids is 1. The second-order valence-corrected chi connectivity index (χ2v) is 7.33. The molecule has 0 aliphatic heterocycles. The summed E-state index contributed by atoms with van der Waals surface area (Å²) in [6.45, 7) is 0. The topological polar surface area (TPSA) is 57.0 Å². The zero-order chi connectivity index (χ0) is 20.6. The van der Waals surface area contributed by atoms with Gasteiger partial charge in [0.15, 0.2) is 0 Å². The van der Waals surface area contributed by atoms with E-state index in [-0.39, 0.29) is 17.7 Å². The van der Waals surface area contributed by atoms with Gasteiger partial charge in [-0.1, -0.05) is 6.07 Å². The van der Waals surface area contributed by atoms with Crippen molar-refractivity contribution in [3.05, 3.63) is 42.2 Å². The van der Waals surface area contributed by atoms with Crippen LogP contribution >= 0.6 is 0 Å². The standard InChI is InChI=1S/C21H20F3N3O2/c1-29-19-10-18-14(11-27(26-18)15-7-5-13(12-28)6-8-15)9-16(19)17-3-2-4-20(25-17)21(22,23)24/h2-4,9-13,15H,5-8H2,1H3. The number of ether oxygens (including phenoxy) is 1. The molecule has 152 valence electrons. The van der Waals surface area contributed by atoms with Crippen LogP contribution in [0, 0.1) is 5.92 Å². The normalized spacial score (nSPS) is 20.0. The van der Waals surface area contributed by atoms with Gasteiger partial charge in [-0.25, -0.2) is 4.98 Å². The molecule has 0 unspecified atom stereocenters. The smallest absolute Gasteiger partial charge is 0.433 e. The molecule has 2 aromatic heterocycles. The van der Waals surface area contributed by atoms with Crippen molar-refractivity contribution in [3.8, 4) is 17.0 Å². The summed E-state index contributed by atoms with van der Waals surface area (Å²) < 4.78 is 46.5. The van der Waals surface area contributed by atoms with Crippen LogP contribution < -0.4 is 4.74 Å². The van der Waals surface area contributed by atoms with Crippen LogP contribution in [0.1, 0.15) is 37.4 Å². The number of hydrogen-bond donors (Lipinski definition) is 0. The minimum absolute atomic E-state index is 0.120. The molecule has 0 amide bonds. The Hall–Kier alpha value is -2.90. The van der Waals surface area contributed by atoms with Gasteiger partial charge in [0.25, 0.3) is 0 Å². The molecule has 29 heavy (non-hydrogen) atoms. The maximum atomic E-state index is 13.1. The largest absolute Gasteiger partial charge is 0.496 e. The van der Waals surface area contributed by atoms with Gasteiger partial charge in [-0.05, 0) is 43.9 Å². The highest BCUT2D eigenvalue weighted by Crippen LogP contribution is 2.37. The van der Waals surface area contributed by atoms with Gasteiger partial charge in [-0.3, -0.25) is 4.68 Å². The number of carbonyl (C=O) groups is 1. The molecule has 2 heterocycles. The van der Waals surface area contributed by atoms with Crippen molar-refractivity contribution in [2.45, 2.75) is 37.9 Å². The fourth-order valence-electron chi connectivity index (χ4n) is 3.87. The van der Waals surface area contributed by atoms with E-state index < -0.39 is 11.9 Å². The fourth-order valence-corrected chi connectivity index (χ4v) is 3.87. The average molecular weight is 403 g/mol. The number of benzene rings is 1. The summed E-state index contributed by atoms with van der Waals surface area (Å²) in [6.07, 6.45) is 1.83. The van der Waals surface area contributed by atoms with Gasteiger partial charge in [0.05, 0.1) is 24.4 Å². The Balaban J connectivity index is 1.72. The monoisotopic (exact) mass is 403 g/mol. The summed E-state index contributed by atoms with van der Waals surface area (Å²) in [6, 6.07) is 7.51. The molecule has 1 aliphatic carbocycles. The Labute approximate surface area is 165 Å². The van der Waals surface area contributed by atoms with Crippen LogP contribution in [0.25, 0.3) is 22.2 Å². The predicted molar refractivity (Wildman–Crippen MR) is 102 cm³/mol. The van der Waals surface area contributed by atoms with Crippen LogP contribution in [0.2, 0.25) is 0 Å². The van der Waals surface area contributed by atoms with Crippen LogP contribution in [-0.2, 0) is 11.0 Å². The highest BCUT2D eigenvalue weighted by Gasteiger charge is 2.32. The van der Waals surface area contributed by atoms with Gasteiger partial charge in [-0.15, -0.1) is 0 Å². The van der Waals surface area contributed by atoms with E-state index in [1.165, 1.54) is 19.2 Å². The average Bonchev–Trinajstić information content (AvgIpc) is 3.15. The summed E-state index contributed by atoms with van der Waals surface area (Å²) in [5, 5.41) is 5.44. The summed E-state index contributed by atoms with van der Waals surface area (Å²) in [7, 11) is 1.47. The summed E-state index contributed by atoms with van der Waals surface area (Å²) >= 11 is 0. The second kappa shape index (κ2) is 7.50. The molecule has 0 saturated heterocycles. The van der Waals surface area contributed by atoms with Crippen molar-refractivity contribution >= 4 is 17.2 Å². The molecule has 0 spiro atoms. The maximum absolute atomic E-state index is 13.1. The number of methoxy groups -OCH3 is 1. The van der Waals surface area contributed by atoms with Gasteiger partial charge in [0.2, 0.25) is 0 Å². The Bertz CT molecular complexity index is 1040.